The van der Waals surface area contributed by atoms with Crippen LogP contribution in [0.1, 0.15) is 18.9 Å². The highest BCUT2D eigenvalue weighted by Gasteiger charge is 2.27. The Labute approximate surface area is 136 Å². The maximum Gasteiger partial charge on any atom is 0.242 e. The van der Waals surface area contributed by atoms with Crippen molar-refractivity contribution in [2.24, 2.45) is 5.92 Å². The highest BCUT2D eigenvalue weighted by molar-refractivity contribution is 7.89. The Morgan fingerprint density at radius 2 is 2.19 bits per heavy atom. The molecule has 5 nitrogen and oxygen atoms in total. The van der Waals surface area contributed by atoms with E-state index in [4.69, 9.17) is 16.9 Å². The molecule has 1 aliphatic rings. The zero-order valence-electron chi connectivity index (χ0n) is 11.5. The molecule has 1 saturated heterocycles. The molecule has 1 aromatic rings. The number of rotatable bonds is 3. The van der Waals surface area contributed by atoms with Crippen molar-refractivity contribution in [2.75, 3.05) is 13.1 Å². The van der Waals surface area contributed by atoms with Crippen molar-refractivity contribution in [3.05, 3.63) is 28.8 Å². The van der Waals surface area contributed by atoms with Gasteiger partial charge in [0.2, 0.25) is 10.0 Å². The van der Waals surface area contributed by atoms with Gasteiger partial charge in [-0.2, -0.15) is 5.26 Å². The van der Waals surface area contributed by atoms with Gasteiger partial charge in [-0.1, -0.05) is 18.5 Å². The molecule has 0 bridgehead atoms. The van der Waals surface area contributed by atoms with Gasteiger partial charge >= 0.3 is 0 Å². The summed E-state index contributed by atoms with van der Waals surface area (Å²) in [6, 6.07) is 6.01. The zero-order chi connectivity index (χ0) is 14.8. The van der Waals surface area contributed by atoms with Crippen molar-refractivity contribution in [1.82, 2.24) is 10.0 Å². The molecule has 2 N–H and O–H groups in total. The van der Waals surface area contributed by atoms with Crippen LogP contribution in [0.4, 0.5) is 0 Å². The monoisotopic (exact) mass is 349 g/mol. The average Bonchev–Trinajstić information content (AvgIpc) is 2.40. The van der Waals surface area contributed by atoms with Crippen LogP contribution in [0.2, 0.25) is 5.02 Å². The fourth-order valence-electron chi connectivity index (χ4n) is 2.24. The van der Waals surface area contributed by atoms with Gasteiger partial charge in [-0.15, -0.1) is 12.4 Å². The van der Waals surface area contributed by atoms with Crippen LogP contribution in [0, 0.1) is 17.2 Å². The van der Waals surface area contributed by atoms with E-state index in [0.717, 1.165) is 19.5 Å². The van der Waals surface area contributed by atoms with E-state index in [0.29, 0.717) is 5.56 Å². The number of nitrogens with one attached hydrogen (secondary N) is 2. The Morgan fingerprint density at radius 3 is 2.76 bits per heavy atom. The van der Waals surface area contributed by atoms with Crippen molar-refractivity contribution < 1.29 is 8.42 Å². The number of hydrogen-bond acceptors (Lipinski definition) is 4. The Morgan fingerprint density at radius 1 is 1.48 bits per heavy atom. The lowest BCUT2D eigenvalue weighted by atomic mass is 9.97. The van der Waals surface area contributed by atoms with Crippen molar-refractivity contribution in [2.45, 2.75) is 24.3 Å². The van der Waals surface area contributed by atoms with E-state index < -0.39 is 10.0 Å². The van der Waals surface area contributed by atoms with Gasteiger partial charge in [0.25, 0.3) is 0 Å². The summed E-state index contributed by atoms with van der Waals surface area (Å²) in [5, 5.41) is 12.1. The van der Waals surface area contributed by atoms with Crippen LogP contribution < -0.4 is 10.0 Å². The SMILES string of the molecule is CC1CNCCC1NS(=O)(=O)c1ccc(C#N)cc1Cl.Cl. The third kappa shape index (κ3) is 4.31. The Hall–Kier alpha value is -0.840. The number of nitriles is 1. The Balaban J connectivity index is 0.00000220. The zero-order valence-corrected chi connectivity index (χ0v) is 13.9. The summed E-state index contributed by atoms with van der Waals surface area (Å²) >= 11 is 5.96. The van der Waals surface area contributed by atoms with Crippen LogP contribution >= 0.6 is 24.0 Å². The number of benzene rings is 1. The highest BCUT2D eigenvalue weighted by atomic mass is 35.5. The topological polar surface area (TPSA) is 82.0 Å². The first-order valence-corrected chi connectivity index (χ1v) is 8.23. The smallest absolute Gasteiger partial charge is 0.242 e. The van der Waals surface area contributed by atoms with Crippen LogP contribution in [0.3, 0.4) is 0 Å². The molecule has 116 valence electrons. The molecule has 2 atom stereocenters. The normalized spacial score (nSPS) is 22.1. The quantitative estimate of drug-likeness (QED) is 0.873. The van der Waals surface area contributed by atoms with Gasteiger partial charge in [0.15, 0.2) is 0 Å². The summed E-state index contributed by atoms with van der Waals surface area (Å²) in [7, 11) is -3.67. The van der Waals surface area contributed by atoms with Gasteiger partial charge in [0.05, 0.1) is 16.7 Å². The van der Waals surface area contributed by atoms with Gasteiger partial charge in [-0.25, -0.2) is 13.1 Å². The minimum Gasteiger partial charge on any atom is -0.316 e. The van der Waals surface area contributed by atoms with Crippen molar-refractivity contribution in [3.63, 3.8) is 0 Å². The maximum atomic E-state index is 12.4. The molecule has 21 heavy (non-hydrogen) atoms. The van der Waals surface area contributed by atoms with Crippen molar-refractivity contribution >= 4 is 34.0 Å². The molecule has 8 heteroatoms. The summed E-state index contributed by atoms with van der Waals surface area (Å²) in [6.07, 6.45) is 0.744. The summed E-state index contributed by atoms with van der Waals surface area (Å²) < 4.78 is 27.4. The summed E-state index contributed by atoms with van der Waals surface area (Å²) in [5.41, 5.74) is 0.337. The molecule has 2 unspecified atom stereocenters. The molecule has 0 spiro atoms. The molecule has 0 radical (unpaired) electrons. The molecular weight excluding hydrogens is 333 g/mol. The second-order valence-corrected chi connectivity index (χ2v) is 7.04. The first kappa shape index (κ1) is 18.2. The lowest BCUT2D eigenvalue weighted by Gasteiger charge is -2.30. The maximum absolute atomic E-state index is 12.4. The first-order chi connectivity index (χ1) is 9.44. The summed E-state index contributed by atoms with van der Waals surface area (Å²) in [6.45, 7) is 3.58. The molecule has 0 saturated carbocycles. The first-order valence-electron chi connectivity index (χ1n) is 6.37. The van der Waals surface area contributed by atoms with Gasteiger partial charge in [-0.3, -0.25) is 0 Å². The molecule has 0 amide bonds. The number of nitrogens with zero attached hydrogens (tertiary/aromatic N) is 1. The molecule has 1 aromatic carbocycles. The summed E-state index contributed by atoms with van der Waals surface area (Å²) in [5.74, 6) is 0.218. The molecule has 1 heterocycles. The fourth-order valence-corrected chi connectivity index (χ4v) is 4.16. The predicted molar refractivity (Wildman–Crippen MR) is 84.2 cm³/mol. The average molecular weight is 350 g/mol. The molecule has 0 aromatic heterocycles. The minimum absolute atomic E-state index is 0. The highest BCUT2D eigenvalue weighted by Crippen LogP contribution is 2.24. The minimum atomic E-state index is -3.67. The number of halogens is 2. The summed E-state index contributed by atoms with van der Waals surface area (Å²) in [4.78, 5) is 0.0175. The molecule has 1 aliphatic heterocycles. The van der Waals surface area contributed by atoms with Crippen LogP contribution in [-0.4, -0.2) is 27.5 Å². The second kappa shape index (κ2) is 7.43. The Bertz CT molecular complexity index is 643. The van der Waals surface area contributed by atoms with Crippen LogP contribution in [0.15, 0.2) is 23.1 Å². The number of sulfonamides is 1. The van der Waals surface area contributed by atoms with E-state index in [2.05, 4.69) is 10.0 Å². The van der Waals surface area contributed by atoms with E-state index in [1.165, 1.54) is 18.2 Å². The molecule has 1 fully saturated rings. The lowest BCUT2D eigenvalue weighted by Crippen LogP contribution is -2.48. The largest absolute Gasteiger partial charge is 0.316 e. The van der Waals surface area contributed by atoms with E-state index in [1.807, 2.05) is 13.0 Å². The van der Waals surface area contributed by atoms with Crippen LogP contribution in [-0.2, 0) is 10.0 Å². The predicted octanol–water partition coefficient (Wildman–Crippen LogP) is 1.91. The van der Waals surface area contributed by atoms with Gasteiger partial charge in [0, 0.05) is 6.04 Å². The van der Waals surface area contributed by atoms with E-state index in [9.17, 15) is 8.42 Å². The number of piperidine rings is 1. The standard InChI is InChI=1S/C13H16ClN3O2S.ClH/c1-9-8-16-5-4-12(9)17-20(18,19)13-3-2-10(7-15)6-11(13)14;/h2-3,6,9,12,16-17H,4-5,8H2,1H3;1H. The van der Waals surface area contributed by atoms with Crippen molar-refractivity contribution in [3.8, 4) is 6.07 Å². The van der Waals surface area contributed by atoms with Crippen molar-refractivity contribution in [1.29, 1.82) is 5.26 Å². The van der Waals surface area contributed by atoms with Crippen LogP contribution in [0.25, 0.3) is 0 Å². The molecular formula is C13H17Cl2N3O2S. The fraction of sp³-hybridized carbons (Fsp3) is 0.462. The lowest BCUT2D eigenvalue weighted by molar-refractivity contribution is 0.328. The second-order valence-electron chi connectivity index (χ2n) is 4.95. The van der Waals surface area contributed by atoms with Gasteiger partial charge in [-0.05, 0) is 43.6 Å². The Kier molecular flexibility index (Phi) is 6.44. The van der Waals surface area contributed by atoms with E-state index in [-0.39, 0.29) is 34.3 Å². The number of hydrogen-bond donors (Lipinski definition) is 2. The third-order valence-electron chi connectivity index (χ3n) is 3.44. The van der Waals surface area contributed by atoms with Crippen LogP contribution in [0.5, 0.6) is 0 Å². The molecule has 2 rings (SSSR count). The van der Waals surface area contributed by atoms with E-state index >= 15 is 0 Å². The molecule has 0 aliphatic carbocycles. The third-order valence-corrected chi connectivity index (χ3v) is 5.42. The van der Waals surface area contributed by atoms with Gasteiger partial charge in [0.1, 0.15) is 4.90 Å². The van der Waals surface area contributed by atoms with Gasteiger partial charge < -0.3 is 5.32 Å². The van der Waals surface area contributed by atoms with E-state index in [1.54, 1.807) is 0 Å².